The molecule has 0 bridgehead atoms. The summed E-state index contributed by atoms with van der Waals surface area (Å²) in [6.45, 7) is 14.4. The molecular weight excluding hydrogens is 917 g/mol. The van der Waals surface area contributed by atoms with Crippen molar-refractivity contribution in [1.82, 2.24) is 52.3 Å². The first kappa shape index (κ1) is 55.4. The molecule has 10 atom stereocenters. The van der Waals surface area contributed by atoms with E-state index in [0.717, 1.165) is 60.8 Å². The van der Waals surface area contributed by atoms with Crippen LogP contribution in [0.5, 0.6) is 0 Å². The van der Waals surface area contributed by atoms with Gasteiger partial charge < -0.3 is 52.3 Å². The van der Waals surface area contributed by atoms with Crippen molar-refractivity contribution in [2.24, 2.45) is 10.8 Å². The molecule has 2 aromatic carbocycles. The fourth-order valence-corrected chi connectivity index (χ4v) is 10.5. The highest BCUT2D eigenvalue weighted by Crippen LogP contribution is 2.34. The minimum atomic E-state index is -0.985. The van der Waals surface area contributed by atoms with E-state index in [1.807, 2.05) is 77.9 Å². The normalized spacial score (nSPS) is 23.5. The zero-order valence-electron chi connectivity index (χ0n) is 44.0. The van der Waals surface area contributed by atoms with E-state index in [1.54, 1.807) is 27.9 Å². The van der Waals surface area contributed by atoms with Gasteiger partial charge in [0.25, 0.3) is 0 Å². The molecule has 2 aromatic rings. The van der Waals surface area contributed by atoms with Crippen molar-refractivity contribution in [3.63, 3.8) is 0 Å². The highest BCUT2D eigenvalue weighted by atomic mass is 16.2. The number of benzene rings is 2. The number of aryl methyl sites for hydroxylation is 2. The van der Waals surface area contributed by atoms with Gasteiger partial charge in [0, 0.05) is 38.0 Å². The van der Waals surface area contributed by atoms with E-state index in [9.17, 15) is 38.4 Å². The van der Waals surface area contributed by atoms with Crippen LogP contribution < -0.4 is 42.5 Å². The third kappa shape index (κ3) is 13.6. The van der Waals surface area contributed by atoms with Gasteiger partial charge in [0.15, 0.2) is 0 Å². The van der Waals surface area contributed by atoms with E-state index in [-0.39, 0.29) is 74.5 Å². The molecular formula is C54H80N10O8. The van der Waals surface area contributed by atoms with Crippen LogP contribution in [0.2, 0.25) is 0 Å². The maximum atomic E-state index is 14.6. The Labute approximate surface area is 425 Å². The number of hydrogen-bond donors (Lipinski definition) is 8. The fourth-order valence-electron chi connectivity index (χ4n) is 10.5. The SMILES string of the molecule is CN[C@@H](C)C(=O)N[C@H](C(=O)N1C[C@@H](NC(=O)CCC(=O)N[C@H]2C[C@@H](C(=O)NC3CCCc4ccccc43)N(C(=O)[C@@H](NC(=O)[C@H](C)NC)C(C)(C)C)C2)C[C@H]1C(=O)NC1CCCc2ccccc21)C(C)(C)C. The van der Waals surface area contributed by atoms with Crippen molar-refractivity contribution in [3.05, 3.63) is 70.8 Å². The molecule has 0 spiro atoms. The lowest BCUT2D eigenvalue weighted by atomic mass is 9.85. The Morgan fingerprint density at radius 3 is 1.26 bits per heavy atom. The standard InChI is InChI=1S/C54H80N10O8/c1-31(55-9)47(67)61-45(53(3,4)5)51(71)63-29-35(27-41(63)49(69)59-39-23-15-19-33-17-11-13-21-37(33)39)57-43(65)25-26-44(66)58-36-28-42(50(70)60-40-24-16-20-34-18-12-14-22-38(34)40)64(30-36)52(72)46(54(6,7)8)62-48(68)32(2)56-10/h11-14,17-18,21-22,31-32,35-36,39-42,45-46,55-56H,15-16,19-20,23-30H2,1-10H3,(H,57,65)(H,58,66)(H,59,69)(H,60,70)(H,61,67)(H,62,68)/t31-,32-,35-,36-,39?,40?,41-,42-,45+,46+/m0/s1. The van der Waals surface area contributed by atoms with E-state index in [0.29, 0.717) is 0 Å². The molecule has 18 heteroatoms. The number of nitrogens with zero attached hydrogens (tertiary/aromatic N) is 2. The van der Waals surface area contributed by atoms with Gasteiger partial charge in [-0.3, -0.25) is 38.4 Å². The average Bonchev–Trinajstić information content (AvgIpc) is 3.97. The third-order valence-corrected chi connectivity index (χ3v) is 14.9. The van der Waals surface area contributed by atoms with Gasteiger partial charge in [-0.1, -0.05) is 90.1 Å². The monoisotopic (exact) mass is 997 g/mol. The van der Waals surface area contributed by atoms with E-state index >= 15 is 0 Å². The lowest BCUT2D eigenvalue weighted by Gasteiger charge is -2.36. The van der Waals surface area contributed by atoms with Gasteiger partial charge in [0.2, 0.25) is 47.3 Å². The first-order valence-electron chi connectivity index (χ1n) is 25.9. The first-order valence-corrected chi connectivity index (χ1v) is 25.9. The van der Waals surface area contributed by atoms with Gasteiger partial charge in [0.1, 0.15) is 24.2 Å². The molecule has 394 valence electrons. The summed E-state index contributed by atoms with van der Waals surface area (Å²) >= 11 is 0. The lowest BCUT2D eigenvalue weighted by Crippen LogP contribution is -2.59. The van der Waals surface area contributed by atoms with Gasteiger partial charge in [0.05, 0.1) is 24.2 Å². The summed E-state index contributed by atoms with van der Waals surface area (Å²) in [5.74, 6) is -3.24. The minimum absolute atomic E-state index is 0.00581. The van der Waals surface area contributed by atoms with Crippen LogP contribution in [0.1, 0.15) is 141 Å². The van der Waals surface area contributed by atoms with Crippen molar-refractivity contribution < 1.29 is 38.4 Å². The molecule has 8 N–H and O–H groups in total. The predicted molar refractivity (Wildman–Crippen MR) is 274 cm³/mol. The summed E-state index contributed by atoms with van der Waals surface area (Å²) in [5, 5.41) is 24.0. The summed E-state index contributed by atoms with van der Waals surface area (Å²) in [5.41, 5.74) is 2.94. The number of likely N-dealkylation sites (N-methyl/N-ethyl adjacent to an activating group) is 2. The minimum Gasteiger partial charge on any atom is -0.351 e. The Morgan fingerprint density at radius 1 is 0.556 bits per heavy atom. The molecule has 4 aliphatic rings. The van der Waals surface area contributed by atoms with Gasteiger partial charge in [-0.25, -0.2) is 0 Å². The average molecular weight is 997 g/mol. The summed E-state index contributed by atoms with van der Waals surface area (Å²) in [4.78, 5) is 114. The molecule has 0 aromatic heterocycles. The largest absolute Gasteiger partial charge is 0.351 e. The maximum Gasteiger partial charge on any atom is 0.246 e. The van der Waals surface area contributed by atoms with Crippen LogP contribution in [0.25, 0.3) is 0 Å². The van der Waals surface area contributed by atoms with E-state index in [4.69, 9.17) is 0 Å². The van der Waals surface area contributed by atoms with Crippen molar-refractivity contribution in [2.45, 2.75) is 180 Å². The summed E-state index contributed by atoms with van der Waals surface area (Å²) in [6.07, 6.45) is 4.87. The highest BCUT2D eigenvalue weighted by molar-refractivity contribution is 5.96. The first-order chi connectivity index (χ1) is 34.0. The third-order valence-electron chi connectivity index (χ3n) is 14.9. The number of rotatable bonds is 17. The zero-order valence-corrected chi connectivity index (χ0v) is 44.0. The zero-order chi connectivity index (χ0) is 52.7. The molecule has 6 rings (SSSR count). The molecule has 2 fully saturated rings. The van der Waals surface area contributed by atoms with Crippen LogP contribution >= 0.6 is 0 Å². The number of carbonyl (C=O) groups is 8. The smallest absolute Gasteiger partial charge is 0.246 e. The molecule has 2 saturated heterocycles. The van der Waals surface area contributed by atoms with Crippen LogP contribution in [-0.4, -0.2) is 133 Å². The van der Waals surface area contributed by atoms with Gasteiger partial charge >= 0.3 is 0 Å². The van der Waals surface area contributed by atoms with Crippen molar-refractivity contribution in [3.8, 4) is 0 Å². The molecule has 2 heterocycles. The maximum absolute atomic E-state index is 14.6. The van der Waals surface area contributed by atoms with Crippen LogP contribution in [0.3, 0.4) is 0 Å². The van der Waals surface area contributed by atoms with Crippen LogP contribution in [0, 0.1) is 10.8 Å². The number of fused-ring (bicyclic) bond motifs is 2. The summed E-state index contributed by atoms with van der Waals surface area (Å²) < 4.78 is 0. The van der Waals surface area contributed by atoms with E-state index < -0.39 is 82.8 Å². The van der Waals surface area contributed by atoms with Crippen molar-refractivity contribution in [2.75, 3.05) is 27.2 Å². The fraction of sp³-hybridized carbons (Fsp3) is 0.630. The molecule has 0 radical (unpaired) electrons. The quantitative estimate of drug-likeness (QED) is 0.115. The molecule has 2 aliphatic carbocycles. The molecule has 0 saturated carbocycles. The van der Waals surface area contributed by atoms with Crippen molar-refractivity contribution >= 4 is 47.3 Å². The van der Waals surface area contributed by atoms with Gasteiger partial charge in [-0.05, 0) is 112 Å². The second-order valence-corrected chi connectivity index (χ2v) is 22.5. The molecule has 72 heavy (non-hydrogen) atoms. The Balaban J connectivity index is 1.14. The molecule has 2 unspecified atom stereocenters. The van der Waals surface area contributed by atoms with Gasteiger partial charge in [-0.15, -0.1) is 0 Å². The van der Waals surface area contributed by atoms with E-state index in [1.165, 1.54) is 9.80 Å². The molecule has 18 nitrogen and oxygen atoms in total. The molecule has 8 amide bonds. The Bertz CT molecular complexity index is 2170. The Morgan fingerprint density at radius 2 is 0.917 bits per heavy atom. The lowest BCUT2D eigenvalue weighted by molar-refractivity contribution is -0.144. The second kappa shape index (κ2) is 23.8. The van der Waals surface area contributed by atoms with Crippen LogP contribution in [0.4, 0.5) is 0 Å². The molecule has 2 aliphatic heterocycles. The van der Waals surface area contributed by atoms with Gasteiger partial charge in [-0.2, -0.15) is 0 Å². The highest BCUT2D eigenvalue weighted by Gasteiger charge is 2.48. The number of nitrogens with one attached hydrogen (secondary N) is 8. The predicted octanol–water partition coefficient (Wildman–Crippen LogP) is 2.60. The van der Waals surface area contributed by atoms with Crippen LogP contribution in [0.15, 0.2) is 48.5 Å². The summed E-state index contributed by atoms with van der Waals surface area (Å²) in [6, 6.07) is 9.18. The number of hydrogen-bond acceptors (Lipinski definition) is 10. The topological polar surface area (TPSA) is 239 Å². The number of likely N-dealkylation sites (tertiary alicyclic amines) is 2. The number of carbonyl (C=O) groups excluding carboxylic acids is 8. The summed E-state index contributed by atoms with van der Waals surface area (Å²) in [7, 11) is 3.30. The van der Waals surface area contributed by atoms with Crippen molar-refractivity contribution in [1.29, 1.82) is 0 Å². The van der Waals surface area contributed by atoms with Crippen LogP contribution in [-0.2, 0) is 51.2 Å². The second-order valence-electron chi connectivity index (χ2n) is 22.5. The van der Waals surface area contributed by atoms with E-state index in [2.05, 4.69) is 54.7 Å². The number of amides is 8. The Hall–Kier alpha value is -5.88. The Kier molecular flexibility index (Phi) is 18.3.